The van der Waals surface area contributed by atoms with Gasteiger partial charge in [0.2, 0.25) is 0 Å². The number of hydrogen-bond acceptors (Lipinski definition) is 3. The van der Waals surface area contributed by atoms with Crippen LogP contribution in [-0.2, 0) is 11.3 Å². The monoisotopic (exact) mass is 226 g/mol. The predicted molar refractivity (Wildman–Crippen MR) is 65.1 cm³/mol. The SMILES string of the molecule is CCSCC(O)COCc1ccccc1. The standard InChI is InChI=1S/C12H18O2S/c1-2-15-10-12(13)9-14-8-11-6-4-3-5-7-11/h3-7,12-13H,2,8-10H2,1H3. The van der Waals surface area contributed by atoms with Gasteiger partial charge in [0, 0.05) is 5.75 Å². The van der Waals surface area contributed by atoms with E-state index in [9.17, 15) is 5.11 Å². The van der Waals surface area contributed by atoms with E-state index in [1.165, 1.54) is 0 Å². The van der Waals surface area contributed by atoms with Crippen LogP contribution in [-0.4, -0.2) is 29.3 Å². The van der Waals surface area contributed by atoms with Crippen molar-refractivity contribution < 1.29 is 9.84 Å². The molecular weight excluding hydrogens is 208 g/mol. The summed E-state index contributed by atoms with van der Waals surface area (Å²) in [6.07, 6.45) is -0.348. The van der Waals surface area contributed by atoms with Crippen molar-refractivity contribution in [3.8, 4) is 0 Å². The lowest BCUT2D eigenvalue weighted by molar-refractivity contribution is 0.0398. The fraction of sp³-hybridized carbons (Fsp3) is 0.500. The Labute approximate surface area is 95.7 Å². The molecule has 1 aromatic carbocycles. The van der Waals surface area contributed by atoms with Crippen LogP contribution in [0.2, 0.25) is 0 Å². The molecular formula is C12H18O2S. The number of hydrogen-bond donors (Lipinski definition) is 1. The minimum absolute atomic E-state index is 0.348. The number of aliphatic hydroxyl groups excluding tert-OH is 1. The number of benzene rings is 1. The molecule has 0 saturated carbocycles. The molecule has 0 heterocycles. The molecule has 0 aliphatic carbocycles. The van der Waals surface area contributed by atoms with E-state index in [0.29, 0.717) is 13.2 Å². The number of ether oxygens (including phenoxy) is 1. The minimum Gasteiger partial charge on any atom is -0.390 e. The fourth-order valence-corrected chi connectivity index (χ4v) is 1.79. The van der Waals surface area contributed by atoms with E-state index in [1.54, 1.807) is 11.8 Å². The van der Waals surface area contributed by atoms with E-state index in [2.05, 4.69) is 6.92 Å². The van der Waals surface area contributed by atoms with E-state index in [4.69, 9.17) is 4.74 Å². The summed E-state index contributed by atoms with van der Waals surface area (Å²) in [7, 11) is 0. The minimum atomic E-state index is -0.348. The van der Waals surface area contributed by atoms with Crippen LogP contribution in [0.4, 0.5) is 0 Å². The summed E-state index contributed by atoms with van der Waals surface area (Å²) < 4.78 is 5.42. The normalized spacial score (nSPS) is 12.7. The molecule has 1 N–H and O–H groups in total. The van der Waals surface area contributed by atoms with E-state index >= 15 is 0 Å². The molecule has 1 rings (SSSR count). The Bertz CT molecular complexity index is 251. The van der Waals surface area contributed by atoms with Crippen LogP contribution in [0.5, 0.6) is 0 Å². The number of aliphatic hydroxyl groups is 1. The maximum Gasteiger partial charge on any atom is 0.0863 e. The van der Waals surface area contributed by atoms with Gasteiger partial charge in [0.1, 0.15) is 0 Å². The van der Waals surface area contributed by atoms with Crippen LogP contribution >= 0.6 is 11.8 Å². The molecule has 1 unspecified atom stereocenters. The highest BCUT2D eigenvalue weighted by Crippen LogP contribution is 2.04. The van der Waals surface area contributed by atoms with Crippen molar-refractivity contribution in [2.24, 2.45) is 0 Å². The Balaban J connectivity index is 2.11. The first-order valence-corrected chi connectivity index (χ1v) is 6.36. The first-order valence-electron chi connectivity index (χ1n) is 5.20. The van der Waals surface area contributed by atoms with Gasteiger partial charge in [-0.2, -0.15) is 11.8 Å². The topological polar surface area (TPSA) is 29.5 Å². The zero-order valence-electron chi connectivity index (χ0n) is 9.06. The van der Waals surface area contributed by atoms with Crippen LogP contribution in [0.1, 0.15) is 12.5 Å². The Morgan fingerprint density at radius 1 is 1.33 bits per heavy atom. The van der Waals surface area contributed by atoms with Crippen LogP contribution in [0.25, 0.3) is 0 Å². The van der Waals surface area contributed by atoms with Gasteiger partial charge >= 0.3 is 0 Å². The molecule has 0 amide bonds. The average molecular weight is 226 g/mol. The van der Waals surface area contributed by atoms with Crippen molar-refractivity contribution in [2.45, 2.75) is 19.6 Å². The Kier molecular flexibility index (Phi) is 6.48. The van der Waals surface area contributed by atoms with E-state index in [0.717, 1.165) is 17.1 Å². The Hall–Kier alpha value is -0.510. The summed E-state index contributed by atoms with van der Waals surface area (Å²) in [6.45, 7) is 3.08. The third-order valence-electron chi connectivity index (χ3n) is 1.94. The molecule has 0 bridgehead atoms. The lowest BCUT2D eigenvalue weighted by atomic mass is 10.2. The summed E-state index contributed by atoms with van der Waals surface area (Å²) in [6, 6.07) is 10.0. The third-order valence-corrected chi connectivity index (χ3v) is 2.96. The van der Waals surface area contributed by atoms with Crippen molar-refractivity contribution >= 4 is 11.8 Å². The van der Waals surface area contributed by atoms with Gasteiger partial charge in [0.25, 0.3) is 0 Å². The molecule has 1 aromatic rings. The Morgan fingerprint density at radius 3 is 2.73 bits per heavy atom. The highest BCUT2D eigenvalue weighted by atomic mass is 32.2. The molecule has 0 aliphatic heterocycles. The van der Waals surface area contributed by atoms with Crippen molar-refractivity contribution in [1.82, 2.24) is 0 Å². The lowest BCUT2D eigenvalue weighted by Crippen LogP contribution is -2.18. The second-order valence-electron chi connectivity index (χ2n) is 3.31. The van der Waals surface area contributed by atoms with E-state index < -0.39 is 0 Å². The predicted octanol–water partition coefficient (Wildman–Crippen LogP) is 2.32. The van der Waals surface area contributed by atoms with Crippen LogP contribution in [0.3, 0.4) is 0 Å². The summed E-state index contributed by atoms with van der Waals surface area (Å²) in [5.74, 6) is 1.79. The van der Waals surface area contributed by atoms with E-state index in [-0.39, 0.29) is 6.10 Å². The second kappa shape index (κ2) is 7.74. The average Bonchev–Trinajstić information content (AvgIpc) is 2.28. The van der Waals surface area contributed by atoms with Crippen LogP contribution in [0.15, 0.2) is 30.3 Å². The third kappa shape index (κ3) is 5.82. The summed E-state index contributed by atoms with van der Waals surface area (Å²) in [4.78, 5) is 0. The van der Waals surface area contributed by atoms with Gasteiger partial charge in [0.05, 0.1) is 19.3 Å². The zero-order valence-corrected chi connectivity index (χ0v) is 9.87. The number of rotatable bonds is 7. The first kappa shape index (κ1) is 12.6. The van der Waals surface area contributed by atoms with Gasteiger partial charge in [-0.05, 0) is 11.3 Å². The zero-order chi connectivity index (χ0) is 10.9. The molecule has 0 radical (unpaired) electrons. The van der Waals surface area contributed by atoms with E-state index in [1.807, 2.05) is 30.3 Å². The molecule has 0 spiro atoms. The lowest BCUT2D eigenvalue weighted by Gasteiger charge is -2.10. The highest BCUT2D eigenvalue weighted by Gasteiger charge is 2.03. The van der Waals surface area contributed by atoms with Gasteiger partial charge in [-0.15, -0.1) is 0 Å². The quantitative estimate of drug-likeness (QED) is 0.773. The highest BCUT2D eigenvalue weighted by molar-refractivity contribution is 7.99. The van der Waals surface area contributed by atoms with Gasteiger partial charge in [-0.1, -0.05) is 37.3 Å². The molecule has 2 nitrogen and oxygen atoms in total. The second-order valence-corrected chi connectivity index (χ2v) is 4.63. The summed E-state index contributed by atoms with van der Waals surface area (Å²) in [5.41, 5.74) is 1.15. The van der Waals surface area contributed by atoms with Gasteiger partial charge < -0.3 is 9.84 Å². The van der Waals surface area contributed by atoms with Crippen molar-refractivity contribution in [3.05, 3.63) is 35.9 Å². The molecule has 0 saturated heterocycles. The molecule has 3 heteroatoms. The van der Waals surface area contributed by atoms with Crippen LogP contribution < -0.4 is 0 Å². The maximum atomic E-state index is 9.51. The molecule has 0 aliphatic rings. The summed E-state index contributed by atoms with van der Waals surface area (Å²) >= 11 is 1.73. The van der Waals surface area contributed by atoms with Crippen molar-refractivity contribution in [2.75, 3.05) is 18.1 Å². The largest absolute Gasteiger partial charge is 0.390 e. The maximum absolute atomic E-state index is 9.51. The van der Waals surface area contributed by atoms with Gasteiger partial charge in [0.15, 0.2) is 0 Å². The molecule has 84 valence electrons. The smallest absolute Gasteiger partial charge is 0.0863 e. The Morgan fingerprint density at radius 2 is 2.07 bits per heavy atom. The van der Waals surface area contributed by atoms with Crippen molar-refractivity contribution in [3.63, 3.8) is 0 Å². The number of thioether (sulfide) groups is 1. The van der Waals surface area contributed by atoms with Gasteiger partial charge in [-0.25, -0.2) is 0 Å². The van der Waals surface area contributed by atoms with Gasteiger partial charge in [-0.3, -0.25) is 0 Å². The molecule has 0 fully saturated rings. The molecule has 15 heavy (non-hydrogen) atoms. The fourth-order valence-electron chi connectivity index (χ4n) is 1.19. The molecule has 1 atom stereocenters. The van der Waals surface area contributed by atoms with Crippen LogP contribution in [0, 0.1) is 0 Å². The van der Waals surface area contributed by atoms with Crippen molar-refractivity contribution in [1.29, 1.82) is 0 Å². The summed E-state index contributed by atoms with van der Waals surface area (Å²) in [5, 5.41) is 9.51. The molecule has 0 aromatic heterocycles. The first-order chi connectivity index (χ1) is 7.33.